The van der Waals surface area contributed by atoms with Gasteiger partial charge in [-0.15, -0.1) is 6.42 Å². The smallest absolute Gasteiger partial charge is 0.199 e. The molecule has 0 radical (unpaired) electrons. The Morgan fingerprint density at radius 3 is 1.48 bits per heavy atom. The molecule has 4 heteroatoms. The average molecular weight is 283 g/mol. The topological polar surface area (TPSA) is 53.7 Å². The first-order valence-electron chi connectivity index (χ1n) is 6.35. The fourth-order valence-electron chi connectivity index (χ4n) is 2.15. The number of hydrogen-bond donors (Lipinski definition) is 1. The number of ether oxygens (including phenoxy) is 2. The van der Waals surface area contributed by atoms with Gasteiger partial charge in [0.05, 0.1) is 14.2 Å². The first-order valence-corrected chi connectivity index (χ1v) is 6.35. The van der Waals surface area contributed by atoms with Crippen LogP contribution in [-0.4, -0.2) is 14.2 Å². The van der Waals surface area contributed by atoms with E-state index in [4.69, 9.17) is 26.6 Å². The number of terminal acetylenes is 1. The fraction of sp³-hybridized carbons (Fsp3) is 0.176. The van der Waals surface area contributed by atoms with Crippen LogP contribution in [-0.2, 0) is 10.4 Å². The van der Waals surface area contributed by atoms with Crippen LogP contribution < -0.4 is 15.4 Å². The van der Waals surface area contributed by atoms with E-state index in [1.54, 1.807) is 14.2 Å². The summed E-state index contributed by atoms with van der Waals surface area (Å²) in [6.07, 6.45) is 5.71. The van der Waals surface area contributed by atoms with E-state index in [0.29, 0.717) is 0 Å². The summed E-state index contributed by atoms with van der Waals surface area (Å²) in [4.78, 5) is 5.19. The number of nitrogens with two attached hydrogens (primary N) is 1. The highest BCUT2D eigenvalue weighted by Gasteiger charge is 2.33. The van der Waals surface area contributed by atoms with Gasteiger partial charge in [-0.3, -0.25) is 4.84 Å². The van der Waals surface area contributed by atoms with Gasteiger partial charge in [0.15, 0.2) is 5.60 Å². The Balaban J connectivity index is 2.50. The molecule has 108 valence electrons. The first kappa shape index (κ1) is 14.9. The normalized spacial score (nSPS) is 10.8. The SMILES string of the molecule is C#CC(ON)(c1ccc(OC)cc1)c1ccc(OC)cc1. The van der Waals surface area contributed by atoms with Gasteiger partial charge in [0.2, 0.25) is 0 Å². The average Bonchev–Trinajstić information content (AvgIpc) is 2.57. The third-order valence-electron chi connectivity index (χ3n) is 3.37. The molecule has 21 heavy (non-hydrogen) atoms. The molecule has 0 aliphatic rings. The summed E-state index contributed by atoms with van der Waals surface area (Å²) in [5, 5.41) is 0. The maximum atomic E-state index is 5.71. The number of rotatable bonds is 5. The predicted octanol–water partition coefficient (Wildman–Crippen LogP) is 2.47. The second-order valence-corrected chi connectivity index (χ2v) is 4.40. The summed E-state index contributed by atoms with van der Waals surface area (Å²) in [6, 6.07) is 14.6. The van der Waals surface area contributed by atoms with Crippen LogP contribution in [0.1, 0.15) is 11.1 Å². The lowest BCUT2D eigenvalue weighted by Crippen LogP contribution is -2.32. The van der Waals surface area contributed by atoms with Crippen LogP contribution in [0.3, 0.4) is 0 Å². The second-order valence-electron chi connectivity index (χ2n) is 4.40. The second kappa shape index (κ2) is 6.31. The number of methoxy groups -OCH3 is 2. The van der Waals surface area contributed by atoms with E-state index < -0.39 is 5.60 Å². The predicted molar refractivity (Wildman–Crippen MR) is 80.9 cm³/mol. The van der Waals surface area contributed by atoms with Gasteiger partial charge in [-0.25, -0.2) is 5.90 Å². The van der Waals surface area contributed by atoms with E-state index in [9.17, 15) is 0 Å². The maximum absolute atomic E-state index is 5.71. The summed E-state index contributed by atoms with van der Waals surface area (Å²) in [5.41, 5.74) is 0.343. The van der Waals surface area contributed by atoms with Crippen LogP contribution in [0.15, 0.2) is 48.5 Å². The minimum atomic E-state index is -1.15. The zero-order valence-corrected chi connectivity index (χ0v) is 12.0. The van der Waals surface area contributed by atoms with Crippen LogP contribution >= 0.6 is 0 Å². The lowest BCUT2D eigenvalue weighted by Gasteiger charge is -2.27. The number of benzene rings is 2. The van der Waals surface area contributed by atoms with E-state index in [1.165, 1.54) is 0 Å². The third-order valence-corrected chi connectivity index (χ3v) is 3.37. The highest BCUT2D eigenvalue weighted by atomic mass is 16.6. The molecule has 2 rings (SSSR count). The standard InChI is InChI=1S/C17H17NO3/c1-4-17(21-18,13-5-9-15(19-2)10-6-13)14-7-11-16(20-3)12-8-14/h1,5-12H,18H2,2-3H3. The van der Waals surface area contributed by atoms with Crippen molar-refractivity contribution in [3.8, 4) is 23.8 Å². The molecule has 2 N–H and O–H groups in total. The summed E-state index contributed by atoms with van der Waals surface area (Å²) in [7, 11) is 3.21. The zero-order chi connectivity index (χ0) is 15.3. The van der Waals surface area contributed by atoms with Crippen molar-refractivity contribution in [2.75, 3.05) is 14.2 Å². The Hall–Kier alpha value is -2.48. The summed E-state index contributed by atoms with van der Waals surface area (Å²) >= 11 is 0. The van der Waals surface area contributed by atoms with E-state index in [1.807, 2.05) is 48.5 Å². The Kier molecular flexibility index (Phi) is 4.49. The van der Waals surface area contributed by atoms with Gasteiger partial charge in [-0.2, -0.15) is 0 Å². The van der Waals surface area contributed by atoms with E-state index in [0.717, 1.165) is 22.6 Å². The molecular formula is C17H17NO3. The molecule has 2 aromatic carbocycles. The molecule has 0 spiro atoms. The van der Waals surface area contributed by atoms with Gasteiger partial charge >= 0.3 is 0 Å². The molecule has 0 heterocycles. The molecule has 0 aliphatic carbocycles. The number of hydrogen-bond acceptors (Lipinski definition) is 4. The van der Waals surface area contributed by atoms with Gasteiger partial charge in [-0.1, -0.05) is 30.2 Å². The molecular weight excluding hydrogens is 266 g/mol. The molecule has 4 nitrogen and oxygen atoms in total. The van der Waals surface area contributed by atoms with Crippen LogP contribution in [0.5, 0.6) is 11.5 Å². The Morgan fingerprint density at radius 2 is 1.24 bits per heavy atom. The van der Waals surface area contributed by atoms with Crippen molar-refractivity contribution in [3.63, 3.8) is 0 Å². The quantitative estimate of drug-likeness (QED) is 0.676. The van der Waals surface area contributed by atoms with Crippen molar-refractivity contribution >= 4 is 0 Å². The molecule has 0 aromatic heterocycles. The summed E-state index contributed by atoms with van der Waals surface area (Å²) in [5.74, 6) is 9.63. The molecule has 0 saturated heterocycles. The van der Waals surface area contributed by atoms with E-state index >= 15 is 0 Å². The molecule has 2 aromatic rings. The molecule has 0 saturated carbocycles. The van der Waals surface area contributed by atoms with Crippen LogP contribution in [0.4, 0.5) is 0 Å². The molecule has 0 bridgehead atoms. The molecule has 0 fully saturated rings. The molecule has 0 aliphatic heterocycles. The maximum Gasteiger partial charge on any atom is 0.199 e. The summed E-state index contributed by atoms with van der Waals surface area (Å²) < 4.78 is 10.3. The highest BCUT2D eigenvalue weighted by Crippen LogP contribution is 2.33. The first-order chi connectivity index (χ1) is 10.2. The van der Waals surface area contributed by atoms with Crippen LogP contribution in [0.2, 0.25) is 0 Å². The largest absolute Gasteiger partial charge is 0.497 e. The van der Waals surface area contributed by atoms with Crippen molar-refractivity contribution in [2.45, 2.75) is 5.60 Å². The van der Waals surface area contributed by atoms with Gasteiger partial charge in [-0.05, 0) is 24.3 Å². The minimum Gasteiger partial charge on any atom is -0.497 e. The Labute approximate surface area is 124 Å². The Morgan fingerprint density at radius 1 is 0.857 bits per heavy atom. The minimum absolute atomic E-state index is 0.733. The molecule has 0 unspecified atom stereocenters. The highest BCUT2D eigenvalue weighted by molar-refractivity contribution is 5.46. The van der Waals surface area contributed by atoms with Crippen molar-refractivity contribution in [2.24, 2.45) is 5.90 Å². The Bertz CT molecular complexity index is 579. The van der Waals surface area contributed by atoms with Crippen molar-refractivity contribution in [3.05, 3.63) is 59.7 Å². The van der Waals surface area contributed by atoms with Crippen molar-refractivity contribution in [1.82, 2.24) is 0 Å². The third kappa shape index (κ3) is 2.70. The van der Waals surface area contributed by atoms with E-state index in [2.05, 4.69) is 5.92 Å². The summed E-state index contributed by atoms with van der Waals surface area (Å²) in [6.45, 7) is 0. The molecule has 0 amide bonds. The van der Waals surface area contributed by atoms with Crippen LogP contribution in [0, 0.1) is 12.3 Å². The zero-order valence-electron chi connectivity index (χ0n) is 12.0. The van der Waals surface area contributed by atoms with E-state index in [-0.39, 0.29) is 0 Å². The van der Waals surface area contributed by atoms with Crippen LogP contribution in [0.25, 0.3) is 0 Å². The lowest BCUT2D eigenvalue weighted by atomic mass is 9.87. The van der Waals surface area contributed by atoms with Gasteiger partial charge in [0.25, 0.3) is 0 Å². The monoisotopic (exact) mass is 283 g/mol. The van der Waals surface area contributed by atoms with Gasteiger partial charge < -0.3 is 9.47 Å². The fourth-order valence-corrected chi connectivity index (χ4v) is 2.15. The lowest BCUT2D eigenvalue weighted by molar-refractivity contribution is 0.0257. The van der Waals surface area contributed by atoms with Gasteiger partial charge in [0.1, 0.15) is 11.5 Å². The van der Waals surface area contributed by atoms with Gasteiger partial charge in [0, 0.05) is 11.1 Å². The molecule has 0 atom stereocenters. The van der Waals surface area contributed by atoms with Crippen molar-refractivity contribution in [1.29, 1.82) is 0 Å². The van der Waals surface area contributed by atoms with Crippen molar-refractivity contribution < 1.29 is 14.3 Å².